The molecule has 0 saturated heterocycles. The van der Waals surface area contributed by atoms with Gasteiger partial charge in [-0.25, -0.2) is 0 Å². The molecule has 0 saturated carbocycles. The number of benzene rings is 3. The van der Waals surface area contributed by atoms with E-state index in [0.717, 1.165) is 30.9 Å². The maximum Gasteiger partial charge on any atom is 0.416 e. The molecule has 0 bridgehead atoms. The first-order valence-electron chi connectivity index (χ1n) is 9.09. The van der Waals surface area contributed by atoms with Crippen molar-refractivity contribution in [2.75, 3.05) is 0 Å². The Hall–Kier alpha value is -2.29. The summed E-state index contributed by atoms with van der Waals surface area (Å²) in [6.45, 7) is 2.23. The van der Waals surface area contributed by atoms with E-state index in [9.17, 15) is 13.2 Å². The Morgan fingerprint density at radius 3 is 2.38 bits per heavy atom. The number of aryl methyl sites for hydroxylation is 1. The van der Waals surface area contributed by atoms with Crippen molar-refractivity contribution in [3.05, 3.63) is 83.4 Å². The zero-order chi connectivity index (χ0) is 18.6. The lowest BCUT2D eigenvalue weighted by Crippen LogP contribution is -2.05. The van der Waals surface area contributed by atoms with Crippen LogP contribution in [0.2, 0.25) is 0 Å². The van der Waals surface area contributed by atoms with E-state index in [-0.39, 0.29) is 0 Å². The quantitative estimate of drug-likeness (QED) is 0.404. The van der Waals surface area contributed by atoms with Crippen LogP contribution in [-0.2, 0) is 12.6 Å². The first-order valence-corrected chi connectivity index (χ1v) is 9.09. The Morgan fingerprint density at radius 2 is 1.58 bits per heavy atom. The molecule has 0 heterocycles. The van der Waals surface area contributed by atoms with Gasteiger partial charge in [0, 0.05) is 0 Å². The first-order chi connectivity index (χ1) is 12.4. The van der Waals surface area contributed by atoms with Gasteiger partial charge in [0.25, 0.3) is 0 Å². The molecule has 1 atom stereocenters. The van der Waals surface area contributed by atoms with Crippen molar-refractivity contribution in [1.29, 1.82) is 0 Å². The van der Waals surface area contributed by atoms with Crippen LogP contribution >= 0.6 is 0 Å². The lowest BCUT2D eigenvalue weighted by atomic mass is 9.90. The minimum atomic E-state index is -4.26. The number of hydrogen-bond acceptors (Lipinski definition) is 0. The highest BCUT2D eigenvalue weighted by Crippen LogP contribution is 2.31. The van der Waals surface area contributed by atoms with Gasteiger partial charge in [0.05, 0.1) is 5.56 Å². The largest absolute Gasteiger partial charge is 0.416 e. The van der Waals surface area contributed by atoms with Gasteiger partial charge < -0.3 is 0 Å². The van der Waals surface area contributed by atoms with E-state index in [0.29, 0.717) is 12.3 Å². The fraction of sp³-hybridized carbons (Fsp3) is 0.304. The first kappa shape index (κ1) is 18.5. The highest BCUT2D eigenvalue weighted by Gasteiger charge is 2.30. The van der Waals surface area contributed by atoms with Gasteiger partial charge in [-0.15, -0.1) is 0 Å². The van der Waals surface area contributed by atoms with Gasteiger partial charge in [-0.1, -0.05) is 74.0 Å². The molecule has 136 valence electrons. The molecule has 0 aliphatic rings. The van der Waals surface area contributed by atoms with E-state index >= 15 is 0 Å². The molecule has 1 unspecified atom stereocenters. The highest BCUT2D eigenvalue weighted by molar-refractivity contribution is 5.86. The van der Waals surface area contributed by atoms with Crippen molar-refractivity contribution in [1.82, 2.24) is 0 Å². The third-order valence-electron chi connectivity index (χ3n) is 4.96. The lowest BCUT2D eigenvalue weighted by Gasteiger charge is -2.15. The predicted octanol–water partition coefficient (Wildman–Crippen LogP) is 7.38. The number of alkyl halides is 3. The third-order valence-corrected chi connectivity index (χ3v) is 4.96. The molecule has 3 aromatic carbocycles. The van der Waals surface area contributed by atoms with Crippen LogP contribution in [0.5, 0.6) is 0 Å². The summed E-state index contributed by atoms with van der Waals surface area (Å²) in [5.41, 5.74) is 1.55. The standard InChI is InChI=1S/C23H23F3/c1-17(21-15-7-12-19-11-4-5-14-22(19)21)8-2-3-9-18-10-6-13-20(16-18)23(24,25)26/h4-7,10-17H,2-3,8-9H2,1H3. The van der Waals surface area contributed by atoms with Gasteiger partial charge in [-0.3, -0.25) is 0 Å². The summed E-state index contributed by atoms with van der Waals surface area (Å²) in [7, 11) is 0. The Labute approximate surface area is 152 Å². The van der Waals surface area contributed by atoms with Crippen LogP contribution in [0.15, 0.2) is 66.7 Å². The molecule has 0 radical (unpaired) electrons. The lowest BCUT2D eigenvalue weighted by molar-refractivity contribution is -0.137. The predicted molar refractivity (Wildman–Crippen MR) is 101 cm³/mol. The average Bonchev–Trinajstić information content (AvgIpc) is 2.64. The second-order valence-corrected chi connectivity index (χ2v) is 6.91. The van der Waals surface area contributed by atoms with Gasteiger partial charge in [-0.05, 0) is 53.1 Å². The van der Waals surface area contributed by atoms with Crippen molar-refractivity contribution >= 4 is 10.8 Å². The molecular weight excluding hydrogens is 333 g/mol. The maximum absolute atomic E-state index is 12.8. The summed E-state index contributed by atoms with van der Waals surface area (Å²) >= 11 is 0. The number of halogens is 3. The van der Waals surface area contributed by atoms with Crippen molar-refractivity contribution in [3.8, 4) is 0 Å². The monoisotopic (exact) mass is 356 g/mol. The summed E-state index contributed by atoms with van der Waals surface area (Å²) in [5.74, 6) is 0.433. The van der Waals surface area contributed by atoms with Crippen molar-refractivity contribution < 1.29 is 13.2 Å². The summed E-state index contributed by atoms with van der Waals surface area (Å²) in [6.07, 6.45) is -0.644. The molecule has 0 nitrogen and oxygen atoms in total. The molecule has 0 spiro atoms. The molecule has 3 rings (SSSR count). The minimum absolute atomic E-state index is 0.433. The van der Waals surface area contributed by atoms with Gasteiger partial charge in [-0.2, -0.15) is 13.2 Å². The SMILES string of the molecule is CC(CCCCc1cccc(C(F)(F)F)c1)c1cccc2ccccc12. The van der Waals surface area contributed by atoms with Crippen molar-refractivity contribution in [2.45, 2.75) is 44.7 Å². The van der Waals surface area contributed by atoms with Crippen LogP contribution in [0.3, 0.4) is 0 Å². The fourth-order valence-electron chi connectivity index (χ4n) is 3.52. The molecule has 3 heteroatoms. The van der Waals surface area contributed by atoms with E-state index in [1.54, 1.807) is 6.07 Å². The van der Waals surface area contributed by atoms with Crippen LogP contribution in [0.1, 0.15) is 48.8 Å². The van der Waals surface area contributed by atoms with Gasteiger partial charge in [0.1, 0.15) is 0 Å². The second kappa shape index (κ2) is 7.94. The summed E-state index contributed by atoms with van der Waals surface area (Å²) in [6, 6.07) is 20.5. The zero-order valence-corrected chi connectivity index (χ0v) is 14.9. The fourth-order valence-corrected chi connectivity index (χ4v) is 3.52. The zero-order valence-electron chi connectivity index (χ0n) is 14.9. The molecule has 0 fully saturated rings. The Kier molecular flexibility index (Phi) is 5.65. The topological polar surface area (TPSA) is 0 Å². The number of rotatable bonds is 6. The molecule has 3 aromatic rings. The Balaban J connectivity index is 1.57. The van der Waals surface area contributed by atoms with Crippen molar-refractivity contribution in [3.63, 3.8) is 0 Å². The summed E-state index contributed by atoms with van der Waals surface area (Å²) in [4.78, 5) is 0. The number of unbranched alkanes of at least 4 members (excludes halogenated alkanes) is 1. The number of hydrogen-bond donors (Lipinski definition) is 0. The van der Waals surface area contributed by atoms with Gasteiger partial charge in [0.2, 0.25) is 0 Å². The molecule has 0 N–H and O–H groups in total. The van der Waals surface area contributed by atoms with E-state index in [2.05, 4.69) is 43.3 Å². The van der Waals surface area contributed by atoms with E-state index < -0.39 is 11.7 Å². The average molecular weight is 356 g/mol. The van der Waals surface area contributed by atoms with E-state index in [1.807, 2.05) is 6.07 Å². The summed E-state index contributed by atoms with van der Waals surface area (Å²) in [5, 5.41) is 2.54. The maximum atomic E-state index is 12.8. The second-order valence-electron chi connectivity index (χ2n) is 6.91. The van der Waals surface area contributed by atoms with E-state index in [1.165, 1.54) is 28.5 Å². The van der Waals surface area contributed by atoms with Crippen molar-refractivity contribution in [2.24, 2.45) is 0 Å². The smallest absolute Gasteiger partial charge is 0.166 e. The molecule has 26 heavy (non-hydrogen) atoms. The summed E-state index contributed by atoms with van der Waals surface area (Å²) < 4.78 is 38.3. The van der Waals surface area contributed by atoms with Crippen LogP contribution in [-0.4, -0.2) is 0 Å². The molecule has 0 amide bonds. The molecule has 0 aromatic heterocycles. The number of fused-ring (bicyclic) bond motifs is 1. The Bertz CT molecular complexity index is 859. The highest BCUT2D eigenvalue weighted by atomic mass is 19.4. The van der Waals surface area contributed by atoms with Gasteiger partial charge in [0.15, 0.2) is 0 Å². The van der Waals surface area contributed by atoms with E-state index in [4.69, 9.17) is 0 Å². The Morgan fingerprint density at radius 1 is 0.846 bits per heavy atom. The van der Waals surface area contributed by atoms with Crippen LogP contribution in [0.4, 0.5) is 13.2 Å². The van der Waals surface area contributed by atoms with Crippen LogP contribution < -0.4 is 0 Å². The van der Waals surface area contributed by atoms with Gasteiger partial charge >= 0.3 is 6.18 Å². The minimum Gasteiger partial charge on any atom is -0.166 e. The molecule has 0 aliphatic heterocycles. The van der Waals surface area contributed by atoms with Crippen LogP contribution in [0.25, 0.3) is 10.8 Å². The molecule has 0 aliphatic carbocycles. The third kappa shape index (κ3) is 4.46. The van der Waals surface area contributed by atoms with Crippen LogP contribution in [0, 0.1) is 0 Å². The normalized spacial score (nSPS) is 13.1. The molecular formula is C23H23F3.